The summed E-state index contributed by atoms with van der Waals surface area (Å²) in [6, 6.07) is 12.3. The Bertz CT molecular complexity index is 1840. The van der Waals surface area contributed by atoms with Crippen molar-refractivity contribution in [2.75, 3.05) is 10.6 Å². The Hall–Kier alpha value is -4.61. The standard InChI is InChI=1S/C28H18Cl2F2N6O3/c29-17-4-5-18(31)26(30)25(17)21-13-20(36-24-8-10-34-38(21)24)28(40)35-15-3-6-22(19(32)11-15)41-16-7-9-33-23(12-16)37-27(39)14-1-2-14/h3-14H,1-2H2,(H,35,40)(H,33,37,39). The lowest BCUT2D eigenvalue weighted by Crippen LogP contribution is -2.15. The molecule has 5 aromatic rings. The highest BCUT2D eigenvalue weighted by atomic mass is 35.5. The van der Waals surface area contributed by atoms with E-state index >= 15 is 0 Å². The molecule has 2 amide bonds. The van der Waals surface area contributed by atoms with Gasteiger partial charge in [-0.2, -0.15) is 5.10 Å². The molecule has 41 heavy (non-hydrogen) atoms. The van der Waals surface area contributed by atoms with E-state index in [1.165, 1.54) is 53.3 Å². The van der Waals surface area contributed by atoms with Crippen molar-refractivity contribution < 1.29 is 23.1 Å². The van der Waals surface area contributed by atoms with Crippen molar-refractivity contribution in [2.45, 2.75) is 12.8 Å². The van der Waals surface area contributed by atoms with Crippen molar-refractivity contribution >= 4 is 52.2 Å². The molecule has 2 aromatic carbocycles. The van der Waals surface area contributed by atoms with Crippen molar-refractivity contribution in [2.24, 2.45) is 5.92 Å². The number of carbonyl (C=O) groups is 2. The van der Waals surface area contributed by atoms with Crippen LogP contribution in [0, 0.1) is 17.6 Å². The van der Waals surface area contributed by atoms with Gasteiger partial charge in [-0.25, -0.2) is 23.3 Å². The zero-order valence-corrected chi connectivity index (χ0v) is 22.4. The number of hydrogen-bond donors (Lipinski definition) is 2. The lowest BCUT2D eigenvalue weighted by molar-refractivity contribution is -0.117. The number of anilines is 2. The molecular weight excluding hydrogens is 577 g/mol. The maximum atomic E-state index is 14.9. The highest BCUT2D eigenvalue weighted by Crippen LogP contribution is 2.37. The number of ether oxygens (including phenoxy) is 1. The topological polar surface area (TPSA) is 111 Å². The van der Waals surface area contributed by atoms with Gasteiger partial charge < -0.3 is 15.4 Å². The molecule has 0 unspecified atom stereocenters. The summed E-state index contributed by atoms with van der Waals surface area (Å²) in [6.45, 7) is 0. The molecule has 1 saturated carbocycles. The zero-order chi connectivity index (χ0) is 28.7. The molecule has 1 aliphatic carbocycles. The van der Waals surface area contributed by atoms with Crippen LogP contribution in [-0.2, 0) is 4.79 Å². The summed E-state index contributed by atoms with van der Waals surface area (Å²) in [6.07, 6.45) is 4.59. The molecule has 3 aromatic heterocycles. The first-order valence-corrected chi connectivity index (χ1v) is 13.1. The van der Waals surface area contributed by atoms with Gasteiger partial charge in [-0.3, -0.25) is 9.59 Å². The Morgan fingerprint density at radius 2 is 1.78 bits per heavy atom. The molecule has 9 nitrogen and oxygen atoms in total. The molecule has 0 aliphatic heterocycles. The van der Waals surface area contributed by atoms with E-state index in [0.717, 1.165) is 25.0 Å². The number of fused-ring (bicyclic) bond motifs is 1. The fourth-order valence-corrected chi connectivity index (χ4v) is 4.63. The summed E-state index contributed by atoms with van der Waals surface area (Å²) in [7, 11) is 0. The molecule has 6 rings (SSSR count). The number of halogens is 4. The van der Waals surface area contributed by atoms with Gasteiger partial charge in [0.1, 0.15) is 23.1 Å². The normalized spacial score (nSPS) is 12.8. The van der Waals surface area contributed by atoms with Gasteiger partial charge in [0.25, 0.3) is 5.91 Å². The second kappa shape index (κ2) is 10.8. The first-order chi connectivity index (χ1) is 19.8. The predicted octanol–water partition coefficient (Wildman–Crippen LogP) is 6.77. The molecule has 1 aliphatic rings. The quantitative estimate of drug-likeness (QED) is 0.201. The number of carbonyl (C=O) groups excluding carboxylic acids is 2. The van der Waals surface area contributed by atoms with E-state index in [4.69, 9.17) is 27.9 Å². The molecule has 206 valence electrons. The van der Waals surface area contributed by atoms with E-state index in [1.54, 1.807) is 6.07 Å². The molecule has 3 heterocycles. The number of benzene rings is 2. The molecule has 13 heteroatoms. The van der Waals surface area contributed by atoms with Crippen molar-refractivity contribution in [3.05, 3.63) is 94.4 Å². The van der Waals surface area contributed by atoms with Gasteiger partial charge in [-0.05, 0) is 49.2 Å². The molecule has 0 bridgehead atoms. The van der Waals surface area contributed by atoms with Crippen LogP contribution in [0.15, 0.2) is 67.0 Å². The highest BCUT2D eigenvalue weighted by molar-refractivity contribution is 6.39. The van der Waals surface area contributed by atoms with E-state index in [0.29, 0.717) is 5.82 Å². The fraction of sp³-hybridized carbons (Fsp3) is 0.107. The van der Waals surface area contributed by atoms with E-state index < -0.39 is 17.5 Å². The first-order valence-electron chi connectivity index (χ1n) is 12.3. The van der Waals surface area contributed by atoms with Crippen LogP contribution in [0.4, 0.5) is 20.3 Å². The number of nitrogens with one attached hydrogen (secondary N) is 2. The largest absolute Gasteiger partial charge is 0.454 e. The number of hydrogen-bond acceptors (Lipinski definition) is 6. The first kappa shape index (κ1) is 26.6. The van der Waals surface area contributed by atoms with Crippen molar-refractivity contribution in [1.29, 1.82) is 0 Å². The van der Waals surface area contributed by atoms with Gasteiger partial charge in [0.05, 0.1) is 21.9 Å². The van der Waals surface area contributed by atoms with Crippen LogP contribution < -0.4 is 15.4 Å². The summed E-state index contributed by atoms with van der Waals surface area (Å²) in [5, 5.41) is 9.38. The monoisotopic (exact) mass is 594 g/mol. The summed E-state index contributed by atoms with van der Waals surface area (Å²) in [4.78, 5) is 33.5. The third-order valence-electron chi connectivity index (χ3n) is 6.24. The maximum absolute atomic E-state index is 14.9. The lowest BCUT2D eigenvalue weighted by Gasteiger charge is -2.13. The van der Waals surface area contributed by atoms with Crippen LogP contribution in [0.2, 0.25) is 10.0 Å². The molecular formula is C28H18Cl2F2N6O3. The van der Waals surface area contributed by atoms with Gasteiger partial charge >= 0.3 is 0 Å². The van der Waals surface area contributed by atoms with Crippen LogP contribution in [0.25, 0.3) is 16.9 Å². The number of amides is 2. The minimum Gasteiger partial charge on any atom is -0.454 e. The number of aromatic nitrogens is 4. The lowest BCUT2D eigenvalue weighted by atomic mass is 10.1. The van der Waals surface area contributed by atoms with Crippen LogP contribution in [-0.4, -0.2) is 31.4 Å². The molecule has 0 spiro atoms. The summed E-state index contributed by atoms with van der Waals surface area (Å²) in [5.41, 5.74) is 0.717. The van der Waals surface area contributed by atoms with Gasteiger partial charge in [0.15, 0.2) is 17.2 Å². The predicted molar refractivity (Wildman–Crippen MR) is 148 cm³/mol. The van der Waals surface area contributed by atoms with Crippen molar-refractivity contribution in [3.63, 3.8) is 0 Å². The van der Waals surface area contributed by atoms with Crippen LogP contribution in [0.3, 0.4) is 0 Å². The van der Waals surface area contributed by atoms with Gasteiger partial charge in [-0.1, -0.05) is 23.2 Å². The Labute approximate surface area is 241 Å². The second-order valence-corrected chi connectivity index (χ2v) is 9.97. The summed E-state index contributed by atoms with van der Waals surface area (Å²) >= 11 is 12.5. The van der Waals surface area contributed by atoms with E-state index in [2.05, 4.69) is 25.7 Å². The Kier molecular flexibility index (Phi) is 6.98. The van der Waals surface area contributed by atoms with E-state index in [-0.39, 0.29) is 61.7 Å². The smallest absolute Gasteiger partial charge is 0.274 e. The van der Waals surface area contributed by atoms with E-state index in [1.807, 2.05) is 0 Å². The number of nitrogens with zero attached hydrogens (tertiary/aromatic N) is 4. The Balaban J connectivity index is 1.22. The van der Waals surface area contributed by atoms with Gasteiger partial charge in [-0.15, -0.1) is 0 Å². The average molecular weight is 595 g/mol. The fourth-order valence-electron chi connectivity index (χ4n) is 4.07. The minimum atomic E-state index is -0.749. The highest BCUT2D eigenvalue weighted by Gasteiger charge is 2.29. The Morgan fingerprint density at radius 3 is 2.56 bits per heavy atom. The van der Waals surface area contributed by atoms with Crippen molar-refractivity contribution in [3.8, 4) is 22.8 Å². The third kappa shape index (κ3) is 5.54. The van der Waals surface area contributed by atoms with Gasteiger partial charge in [0.2, 0.25) is 5.91 Å². The minimum absolute atomic E-state index is 0.00215. The third-order valence-corrected chi connectivity index (χ3v) is 6.93. The van der Waals surface area contributed by atoms with Crippen LogP contribution in [0.1, 0.15) is 23.3 Å². The van der Waals surface area contributed by atoms with Crippen LogP contribution >= 0.6 is 23.2 Å². The maximum Gasteiger partial charge on any atom is 0.274 e. The molecule has 0 radical (unpaired) electrons. The number of rotatable bonds is 7. The molecule has 2 N–H and O–H groups in total. The van der Waals surface area contributed by atoms with Crippen molar-refractivity contribution in [1.82, 2.24) is 19.6 Å². The molecule has 1 fully saturated rings. The summed E-state index contributed by atoms with van der Waals surface area (Å²) in [5.74, 6) is -1.77. The molecule has 0 saturated heterocycles. The van der Waals surface area contributed by atoms with Crippen LogP contribution in [0.5, 0.6) is 11.5 Å². The number of pyridine rings is 1. The Morgan fingerprint density at radius 1 is 0.951 bits per heavy atom. The summed E-state index contributed by atoms with van der Waals surface area (Å²) < 4.78 is 36.2. The SMILES string of the molecule is O=C(Nc1ccc(Oc2ccnc(NC(=O)C3CC3)c2)c(F)c1)c1cc(-c2c(Cl)ccc(F)c2Cl)n2nccc2n1. The van der Waals surface area contributed by atoms with Gasteiger partial charge in [0, 0.05) is 41.6 Å². The van der Waals surface area contributed by atoms with E-state index in [9.17, 15) is 18.4 Å². The second-order valence-electron chi connectivity index (χ2n) is 9.19. The molecule has 0 atom stereocenters. The zero-order valence-electron chi connectivity index (χ0n) is 20.9. The average Bonchev–Trinajstić information content (AvgIpc) is 3.70.